The van der Waals surface area contributed by atoms with Gasteiger partial charge in [0.05, 0.1) is 4.47 Å². The van der Waals surface area contributed by atoms with Gasteiger partial charge in [0.1, 0.15) is 0 Å². The molecule has 17 heavy (non-hydrogen) atoms. The van der Waals surface area contributed by atoms with Crippen molar-refractivity contribution in [2.75, 3.05) is 0 Å². The van der Waals surface area contributed by atoms with E-state index in [-0.39, 0.29) is 14.4 Å². The molecule has 1 heterocycles. The standard InChI is InChI=1S/C7H6BrNO6S2/c1-3(10)14-4-2-16-6(5(4)8)17(12,13)15-7(9)11/h2H,1H3,(H2,9,11). The van der Waals surface area contributed by atoms with Crippen LogP contribution in [0.5, 0.6) is 5.75 Å². The molecule has 0 spiro atoms. The van der Waals surface area contributed by atoms with E-state index >= 15 is 0 Å². The quantitative estimate of drug-likeness (QED) is 0.652. The molecule has 94 valence electrons. The molecular formula is C7H6BrNO6S2. The number of nitrogens with two attached hydrogens (primary N) is 1. The first kappa shape index (κ1) is 13.9. The lowest BCUT2D eigenvalue weighted by molar-refractivity contribution is -0.131. The van der Waals surface area contributed by atoms with E-state index < -0.39 is 22.2 Å². The number of thiophene rings is 1. The van der Waals surface area contributed by atoms with Gasteiger partial charge >= 0.3 is 22.2 Å². The summed E-state index contributed by atoms with van der Waals surface area (Å²) in [5, 5.41) is 1.28. The van der Waals surface area contributed by atoms with Crippen LogP contribution in [-0.4, -0.2) is 20.5 Å². The normalized spacial score (nSPS) is 10.9. The fraction of sp³-hybridized carbons (Fsp3) is 0.143. The van der Waals surface area contributed by atoms with Gasteiger partial charge in [0.2, 0.25) is 0 Å². The number of hydrogen-bond acceptors (Lipinski definition) is 7. The van der Waals surface area contributed by atoms with Gasteiger partial charge in [-0.3, -0.25) is 4.79 Å². The van der Waals surface area contributed by atoms with Crippen LogP contribution in [0.3, 0.4) is 0 Å². The van der Waals surface area contributed by atoms with Crippen molar-refractivity contribution >= 4 is 49.4 Å². The zero-order chi connectivity index (χ0) is 13.2. The molecule has 0 saturated heterocycles. The topological polar surface area (TPSA) is 113 Å². The third kappa shape index (κ3) is 3.41. The summed E-state index contributed by atoms with van der Waals surface area (Å²) in [5.74, 6) is -0.586. The van der Waals surface area contributed by atoms with Gasteiger partial charge in [0, 0.05) is 12.3 Å². The lowest BCUT2D eigenvalue weighted by atomic mass is 10.6. The number of ether oxygens (including phenoxy) is 1. The molecule has 0 saturated carbocycles. The molecular weight excluding hydrogens is 338 g/mol. The third-order valence-corrected chi connectivity index (χ3v) is 5.35. The van der Waals surface area contributed by atoms with Crippen molar-refractivity contribution in [2.45, 2.75) is 11.1 Å². The van der Waals surface area contributed by atoms with Crippen molar-refractivity contribution in [3.05, 3.63) is 9.85 Å². The first-order valence-electron chi connectivity index (χ1n) is 3.93. The Morgan fingerprint density at radius 2 is 2.06 bits per heavy atom. The number of halogens is 1. The van der Waals surface area contributed by atoms with Crippen LogP contribution in [0.15, 0.2) is 14.1 Å². The Morgan fingerprint density at radius 3 is 2.53 bits per heavy atom. The molecule has 1 aromatic rings. The summed E-state index contributed by atoms with van der Waals surface area (Å²) in [4.78, 5) is 21.1. The van der Waals surface area contributed by atoms with E-state index in [2.05, 4.69) is 25.8 Å². The fourth-order valence-electron chi connectivity index (χ4n) is 0.849. The van der Waals surface area contributed by atoms with Crippen LogP contribution in [0.1, 0.15) is 6.92 Å². The number of amides is 1. The van der Waals surface area contributed by atoms with E-state index in [0.717, 1.165) is 18.3 Å². The summed E-state index contributed by atoms with van der Waals surface area (Å²) in [6.07, 6.45) is -1.45. The number of hydrogen-bond donors (Lipinski definition) is 1. The number of carbonyl (C=O) groups is 2. The first-order chi connectivity index (χ1) is 7.74. The van der Waals surface area contributed by atoms with E-state index in [0.29, 0.717) is 0 Å². The van der Waals surface area contributed by atoms with E-state index in [1.54, 1.807) is 0 Å². The molecule has 1 amide bonds. The van der Waals surface area contributed by atoms with Gasteiger partial charge in [-0.05, 0) is 15.9 Å². The van der Waals surface area contributed by atoms with Crippen molar-refractivity contribution in [3.8, 4) is 5.75 Å². The van der Waals surface area contributed by atoms with Crippen LogP contribution >= 0.6 is 27.3 Å². The predicted molar refractivity (Wildman–Crippen MR) is 61.2 cm³/mol. The van der Waals surface area contributed by atoms with Crippen LogP contribution in [0, 0.1) is 0 Å². The number of primary amides is 1. The van der Waals surface area contributed by atoms with Gasteiger partial charge < -0.3 is 14.7 Å². The summed E-state index contributed by atoms with van der Waals surface area (Å²) in [7, 11) is -4.30. The Bertz CT molecular complexity index is 563. The lowest BCUT2D eigenvalue weighted by Gasteiger charge is -2.01. The molecule has 0 aromatic carbocycles. The molecule has 0 atom stereocenters. The second-order valence-electron chi connectivity index (χ2n) is 2.65. The fourth-order valence-corrected chi connectivity index (χ4v) is 3.99. The Kier molecular flexibility index (Phi) is 4.11. The van der Waals surface area contributed by atoms with E-state index in [1.807, 2.05) is 0 Å². The van der Waals surface area contributed by atoms with E-state index in [9.17, 15) is 18.0 Å². The largest absolute Gasteiger partial charge is 0.425 e. The predicted octanol–water partition coefficient (Wildman–Crippen LogP) is 1.22. The van der Waals surface area contributed by atoms with Crippen molar-refractivity contribution in [1.82, 2.24) is 0 Å². The monoisotopic (exact) mass is 343 g/mol. The Balaban J connectivity index is 3.13. The SMILES string of the molecule is CC(=O)Oc1csc(S(=O)(=O)OC(N)=O)c1Br. The average molecular weight is 344 g/mol. The van der Waals surface area contributed by atoms with E-state index in [1.165, 1.54) is 5.38 Å². The first-order valence-corrected chi connectivity index (χ1v) is 7.01. The minimum absolute atomic E-state index is 0.000972. The average Bonchev–Trinajstić information content (AvgIpc) is 2.45. The molecule has 1 rings (SSSR count). The van der Waals surface area contributed by atoms with Crippen molar-refractivity contribution in [2.24, 2.45) is 5.73 Å². The Hall–Kier alpha value is -1.13. The molecule has 0 aliphatic carbocycles. The highest BCUT2D eigenvalue weighted by molar-refractivity contribution is 9.10. The zero-order valence-electron chi connectivity index (χ0n) is 8.30. The zero-order valence-corrected chi connectivity index (χ0v) is 11.5. The number of rotatable bonds is 3. The van der Waals surface area contributed by atoms with Crippen LogP contribution in [-0.2, 0) is 19.1 Å². The van der Waals surface area contributed by atoms with Crippen molar-refractivity contribution in [1.29, 1.82) is 0 Å². The summed E-state index contributed by atoms with van der Waals surface area (Å²) >= 11 is 3.65. The molecule has 7 nitrogen and oxygen atoms in total. The Labute approximate surface area is 109 Å². The molecule has 10 heteroatoms. The summed E-state index contributed by atoms with van der Waals surface area (Å²) in [6.45, 7) is 1.16. The third-order valence-electron chi connectivity index (χ3n) is 1.34. The summed E-state index contributed by atoms with van der Waals surface area (Å²) < 4.78 is 31.3. The molecule has 0 fully saturated rings. The maximum Gasteiger partial charge on any atom is 0.420 e. The molecule has 1 aromatic heterocycles. The van der Waals surface area contributed by atoms with Gasteiger partial charge in [-0.2, -0.15) is 8.42 Å². The highest BCUT2D eigenvalue weighted by Gasteiger charge is 2.26. The van der Waals surface area contributed by atoms with Gasteiger partial charge in [0.25, 0.3) is 0 Å². The number of carbonyl (C=O) groups excluding carboxylic acids is 2. The van der Waals surface area contributed by atoms with Gasteiger partial charge in [-0.1, -0.05) is 0 Å². The minimum atomic E-state index is -4.30. The lowest BCUT2D eigenvalue weighted by Crippen LogP contribution is -2.18. The van der Waals surface area contributed by atoms with Gasteiger partial charge in [-0.25, -0.2) is 4.79 Å². The second-order valence-corrected chi connectivity index (χ2v) is 6.07. The smallest absolute Gasteiger partial charge is 0.420 e. The van der Waals surface area contributed by atoms with E-state index in [4.69, 9.17) is 4.74 Å². The number of esters is 1. The molecule has 0 unspecified atom stereocenters. The summed E-state index contributed by atoms with van der Waals surface area (Å²) in [6, 6.07) is 0. The van der Waals surface area contributed by atoms with Crippen LogP contribution < -0.4 is 10.5 Å². The molecule has 0 aliphatic heterocycles. The van der Waals surface area contributed by atoms with Crippen molar-refractivity contribution < 1.29 is 26.9 Å². The highest BCUT2D eigenvalue weighted by atomic mass is 79.9. The molecule has 0 aliphatic rings. The maximum absolute atomic E-state index is 11.5. The van der Waals surface area contributed by atoms with Gasteiger partial charge in [-0.15, -0.1) is 11.3 Å². The van der Waals surface area contributed by atoms with Crippen LogP contribution in [0.25, 0.3) is 0 Å². The molecule has 0 radical (unpaired) electrons. The highest BCUT2D eigenvalue weighted by Crippen LogP contribution is 2.38. The Morgan fingerprint density at radius 1 is 1.47 bits per heavy atom. The van der Waals surface area contributed by atoms with Crippen molar-refractivity contribution in [3.63, 3.8) is 0 Å². The minimum Gasteiger partial charge on any atom is -0.425 e. The van der Waals surface area contributed by atoms with Crippen LogP contribution in [0.2, 0.25) is 0 Å². The maximum atomic E-state index is 11.5. The molecule has 0 bridgehead atoms. The summed E-state index contributed by atoms with van der Waals surface area (Å²) in [5.41, 5.74) is 4.62. The van der Waals surface area contributed by atoms with Gasteiger partial charge in [0.15, 0.2) is 9.96 Å². The second kappa shape index (κ2) is 5.02. The molecule has 2 N–H and O–H groups in total. The van der Waals surface area contributed by atoms with Crippen LogP contribution in [0.4, 0.5) is 4.79 Å².